The molecule has 12 rings (SSSR count). The summed E-state index contributed by atoms with van der Waals surface area (Å²) >= 11 is 1.91. The van der Waals surface area contributed by atoms with Gasteiger partial charge in [-0.3, -0.25) is 0 Å². The number of hydrogen-bond acceptors (Lipinski definition) is 2. The summed E-state index contributed by atoms with van der Waals surface area (Å²) in [6.45, 7) is 0. The third kappa shape index (κ3) is 5.46. The maximum absolute atomic E-state index is 2.50. The molecule has 2 heteroatoms. The van der Waals surface area contributed by atoms with Crippen LogP contribution in [0.4, 0.5) is 17.1 Å². The van der Waals surface area contributed by atoms with Gasteiger partial charge in [-0.2, -0.15) is 0 Å². The molecule has 11 aromatic rings. The molecule has 1 nitrogen and oxygen atoms in total. The van der Waals surface area contributed by atoms with Crippen LogP contribution in [0, 0.1) is 0 Å². The van der Waals surface area contributed by atoms with Crippen LogP contribution in [-0.4, -0.2) is 0 Å². The molecule has 10 aromatic carbocycles. The number of hydrogen-bond donors (Lipinski definition) is 0. The van der Waals surface area contributed by atoms with E-state index < -0.39 is 5.41 Å². The lowest BCUT2D eigenvalue weighted by Gasteiger charge is -2.34. The van der Waals surface area contributed by atoms with E-state index in [1.165, 1.54) is 86.6 Å². The zero-order chi connectivity index (χ0) is 40.3. The third-order valence-electron chi connectivity index (χ3n) is 12.8. The second-order valence-electron chi connectivity index (χ2n) is 15.9. The highest BCUT2D eigenvalue weighted by Crippen LogP contribution is 2.60. The predicted octanol–water partition coefficient (Wildman–Crippen LogP) is 16.4. The van der Waals surface area contributed by atoms with E-state index in [2.05, 4.69) is 241 Å². The normalized spacial score (nSPS) is 12.7. The monoisotopic (exact) mass is 793 g/mol. The van der Waals surface area contributed by atoms with Crippen molar-refractivity contribution < 1.29 is 0 Å². The lowest BCUT2D eigenvalue weighted by Crippen LogP contribution is -2.28. The minimum Gasteiger partial charge on any atom is -0.309 e. The van der Waals surface area contributed by atoms with E-state index in [-0.39, 0.29) is 0 Å². The molecule has 0 fully saturated rings. The molecule has 1 aliphatic rings. The van der Waals surface area contributed by atoms with Crippen molar-refractivity contribution in [3.63, 3.8) is 0 Å². The van der Waals surface area contributed by atoms with E-state index >= 15 is 0 Å². The van der Waals surface area contributed by atoms with Gasteiger partial charge < -0.3 is 4.90 Å². The van der Waals surface area contributed by atoms with Crippen LogP contribution in [0.25, 0.3) is 64.3 Å². The molecule has 286 valence electrons. The highest BCUT2D eigenvalue weighted by molar-refractivity contribution is 7.27. The van der Waals surface area contributed by atoms with Crippen LogP contribution in [0.15, 0.2) is 237 Å². The summed E-state index contributed by atoms with van der Waals surface area (Å²) in [5.74, 6) is 0. The molecule has 0 N–H and O–H groups in total. The number of benzene rings is 10. The standard InChI is InChI=1S/C59H39NS/c1-4-18-40(19-5-1)46-25-13-15-32-54(46)60(45-37-34-42(35-38-45)48-28-16-29-49-50-39-36-41-20-10-11-26-47(41)58(50)61-57(48)49)55-33-17-31-53-56(55)51-27-12-14-30-52(51)59(53,43-21-6-2-7-22-43)44-23-8-3-9-24-44/h1-39H. The summed E-state index contributed by atoms with van der Waals surface area (Å²) in [5.41, 5.74) is 15.3. The molecule has 0 saturated heterocycles. The Labute approximate surface area is 360 Å². The van der Waals surface area contributed by atoms with Crippen LogP contribution in [0.1, 0.15) is 22.3 Å². The van der Waals surface area contributed by atoms with E-state index in [4.69, 9.17) is 0 Å². The summed E-state index contributed by atoms with van der Waals surface area (Å²) in [6, 6.07) is 87.2. The number of thiophene rings is 1. The van der Waals surface area contributed by atoms with Crippen LogP contribution in [0.2, 0.25) is 0 Å². The van der Waals surface area contributed by atoms with E-state index in [1.54, 1.807) is 0 Å². The summed E-state index contributed by atoms with van der Waals surface area (Å²) < 4.78 is 2.67. The zero-order valence-corrected chi connectivity index (χ0v) is 34.2. The van der Waals surface area contributed by atoms with Gasteiger partial charge in [0.1, 0.15) is 0 Å². The largest absolute Gasteiger partial charge is 0.309 e. The van der Waals surface area contributed by atoms with Gasteiger partial charge in [0.05, 0.1) is 16.8 Å². The average molecular weight is 794 g/mol. The molecular formula is C59H39NS. The second-order valence-corrected chi connectivity index (χ2v) is 17.0. The van der Waals surface area contributed by atoms with Gasteiger partial charge in [0.15, 0.2) is 0 Å². The highest BCUT2D eigenvalue weighted by atomic mass is 32.1. The fourth-order valence-electron chi connectivity index (χ4n) is 10.1. The molecule has 0 amide bonds. The molecule has 0 aliphatic heterocycles. The van der Waals surface area contributed by atoms with Gasteiger partial charge in [-0.15, -0.1) is 11.3 Å². The topological polar surface area (TPSA) is 3.24 Å². The van der Waals surface area contributed by atoms with Gasteiger partial charge in [-0.25, -0.2) is 0 Å². The zero-order valence-electron chi connectivity index (χ0n) is 33.4. The van der Waals surface area contributed by atoms with Crippen molar-refractivity contribution in [2.45, 2.75) is 5.41 Å². The second kappa shape index (κ2) is 14.3. The minimum atomic E-state index is -0.507. The van der Waals surface area contributed by atoms with E-state index in [1.807, 2.05) is 11.3 Å². The molecular weight excluding hydrogens is 755 g/mol. The SMILES string of the molecule is c1ccc(-c2ccccc2N(c2ccc(-c3cccc4c3sc3c5ccccc5ccc43)cc2)c2cccc3c2-c2ccccc2C3(c2ccccc2)c2ccccc2)cc1. The fourth-order valence-corrected chi connectivity index (χ4v) is 11.5. The van der Waals surface area contributed by atoms with Crippen LogP contribution in [0.5, 0.6) is 0 Å². The van der Waals surface area contributed by atoms with E-state index in [9.17, 15) is 0 Å². The van der Waals surface area contributed by atoms with Gasteiger partial charge >= 0.3 is 0 Å². The molecule has 1 aromatic heterocycles. The lowest BCUT2D eigenvalue weighted by atomic mass is 9.68. The molecule has 0 radical (unpaired) electrons. The number of fused-ring (bicyclic) bond motifs is 8. The fraction of sp³-hybridized carbons (Fsp3) is 0.0169. The molecule has 0 spiro atoms. The highest BCUT2D eigenvalue weighted by Gasteiger charge is 2.47. The lowest BCUT2D eigenvalue weighted by molar-refractivity contribution is 0.768. The minimum absolute atomic E-state index is 0.507. The number of rotatable bonds is 7. The Morgan fingerprint density at radius 3 is 1.64 bits per heavy atom. The first-order chi connectivity index (χ1) is 30.3. The van der Waals surface area contributed by atoms with Gasteiger partial charge in [-0.1, -0.05) is 212 Å². The molecule has 61 heavy (non-hydrogen) atoms. The van der Waals surface area contributed by atoms with Crippen LogP contribution < -0.4 is 4.90 Å². The molecule has 0 saturated carbocycles. The van der Waals surface area contributed by atoms with Crippen LogP contribution in [0.3, 0.4) is 0 Å². The van der Waals surface area contributed by atoms with Crippen molar-refractivity contribution in [3.8, 4) is 33.4 Å². The van der Waals surface area contributed by atoms with E-state index in [0.29, 0.717) is 0 Å². The summed E-state index contributed by atoms with van der Waals surface area (Å²) in [4.78, 5) is 2.50. The van der Waals surface area contributed by atoms with Crippen LogP contribution in [-0.2, 0) is 5.41 Å². The maximum Gasteiger partial charge on any atom is 0.0714 e. The first-order valence-corrected chi connectivity index (χ1v) is 21.8. The molecule has 1 aliphatic carbocycles. The Hall–Kier alpha value is -7.52. The molecule has 0 unspecified atom stereocenters. The van der Waals surface area contributed by atoms with Gasteiger partial charge in [0.25, 0.3) is 0 Å². The van der Waals surface area contributed by atoms with Crippen molar-refractivity contribution in [2.24, 2.45) is 0 Å². The summed E-state index contributed by atoms with van der Waals surface area (Å²) in [6.07, 6.45) is 0. The average Bonchev–Trinajstić information content (AvgIpc) is 3.88. The van der Waals surface area contributed by atoms with Crippen LogP contribution >= 0.6 is 11.3 Å². The van der Waals surface area contributed by atoms with Crippen molar-refractivity contribution in [3.05, 3.63) is 259 Å². The molecule has 1 heterocycles. The molecule has 0 atom stereocenters. The third-order valence-corrected chi connectivity index (χ3v) is 14.0. The Morgan fingerprint density at radius 1 is 0.328 bits per heavy atom. The number of nitrogens with zero attached hydrogens (tertiary/aromatic N) is 1. The van der Waals surface area contributed by atoms with E-state index in [0.717, 1.165) is 17.1 Å². The Bertz CT molecular complexity index is 3360. The first-order valence-electron chi connectivity index (χ1n) is 21.0. The van der Waals surface area contributed by atoms with Gasteiger partial charge in [0.2, 0.25) is 0 Å². The Morgan fingerprint density at radius 2 is 0.869 bits per heavy atom. The first kappa shape index (κ1) is 35.4. The van der Waals surface area contributed by atoms with Crippen molar-refractivity contribution >= 4 is 59.3 Å². The summed E-state index contributed by atoms with van der Waals surface area (Å²) in [5, 5.41) is 5.23. The number of anilines is 3. The van der Waals surface area contributed by atoms with Crippen molar-refractivity contribution in [1.29, 1.82) is 0 Å². The number of para-hydroxylation sites is 1. The van der Waals surface area contributed by atoms with Crippen molar-refractivity contribution in [1.82, 2.24) is 0 Å². The van der Waals surface area contributed by atoms with Crippen molar-refractivity contribution in [2.75, 3.05) is 4.90 Å². The van der Waals surface area contributed by atoms with Gasteiger partial charge in [0, 0.05) is 37.0 Å². The predicted molar refractivity (Wildman–Crippen MR) is 260 cm³/mol. The summed E-state index contributed by atoms with van der Waals surface area (Å²) in [7, 11) is 0. The maximum atomic E-state index is 2.50. The Kier molecular flexibility index (Phi) is 8.33. The Balaban J connectivity index is 1.09. The quantitative estimate of drug-likeness (QED) is 0.155. The smallest absolute Gasteiger partial charge is 0.0714 e. The van der Waals surface area contributed by atoms with Gasteiger partial charge in [-0.05, 0) is 79.5 Å². The molecule has 0 bridgehead atoms.